The number of aliphatic hydroxyl groups is 1. The standard InChI is InChI=1S/C14H18F2OS/c15-11-5-6-14(16)10(7-11)8-12(17)9-18-13-3-1-2-4-13/h5-7,12-13,17H,1-4,8-9H2. The van der Waals surface area contributed by atoms with Gasteiger partial charge in [0.1, 0.15) is 11.6 Å². The molecule has 0 aliphatic heterocycles. The van der Waals surface area contributed by atoms with Gasteiger partial charge in [-0.2, -0.15) is 11.8 Å². The minimum absolute atomic E-state index is 0.184. The lowest BCUT2D eigenvalue weighted by Crippen LogP contribution is -2.16. The van der Waals surface area contributed by atoms with E-state index in [-0.39, 0.29) is 12.0 Å². The number of hydrogen-bond acceptors (Lipinski definition) is 2. The molecule has 1 aliphatic carbocycles. The Kier molecular flexibility index (Phi) is 5.01. The molecule has 0 spiro atoms. The van der Waals surface area contributed by atoms with Gasteiger partial charge < -0.3 is 5.11 Å². The first-order valence-electron chi connectivity index (χ1n) is 6.39. The highest BCUT2D eigenvalue weighted by Gasteiger charge is 2.18. The Morgan fingerprint density at radius 1 is 1.28 bits per heavy atom. The van der Waals surface area contributed by atoms with Crippen LogP contribution < -0.4 is 0 Å². The summed E-state index contributed by atoms with van der Waals surface area (Å²) < 4.78 is 26.4. The first-order chi connectivity index (χ1) is 8.65. The SMILES string of the molecule is OC(CSC1CCCC1)Cc1cc(F)ccc1F. The van der Waals surface area contributed by atoms with E-state index >= 15 is 0 Å². The van der Waals surface area contributed by atoms with Gasteiger partial charge in [0, 0.05) is 17.4 Å². The zero-order valence-corrected chi connectivity index (χ0v) is 11.1. The minimum atomic E-state index is -0.605. The number of benzene rings is 1. The van der Waals surface area contributed by atoms with Crippen LogP contribution in [0.5, 0.6) is 0 Å². The average molecular weight is 272 g/mol. The van der Waals surface area contributed by atoms with E-state index in [1.165, 1.54) is 31.7 Å². The van der Waals surface area contributed by atoms with E-state index in [2.05, 4.69) is 0 Å². The van der Waals surface area contributed by atoms with E-state index in [1.54, 1.807) is 11.8 Å². The van der Waals surface area contributed by atoms with Crippen LogP contribution in [0.4, 0.5) is 8.78 Å². The van der Waals surface area contributed by atoms with Crippen molar-refractivity contribution in [2.45, 2.75) is 43.5 Å². The molecule has 2 rings (SSSR count). The number of hydrogen-bond donors (Lipinski definition) is 1. The molecule has 1 N–H and O–H groups in total. The van der Waals surface area contributed by atoms with Crippen molar-refractivity contribution < 1.29 is 13.9 Å². The van der Waals surface area contributed by atoms with E-state index in [9.17, 15) is 13.9 Å². The van der Waals surface area contributed by atoms with Crippen LogP contribution >= 0.6 is 11.8 Å². The summed E-state index contributed by atoms with van der Waals surface area (Å²) in [5.41, 5.74) is 0.259. The lowest BCUT2D eigenvalue weighted by Gasteiger charge is -2.14. The smallest absolute Gasteiger partial charge is 0.126 e. The van der Waals surface area contributed by atoms with Crippen molar-refractivity contribution in [1.29, 1.82) is 0 Å². The first-order valence-corrected chi connectivity index (χ1v) is 7.43. The molecule has 0 aromatic heterocycles. The first kappa shape index (κ1) is 13.8. The predicted molar refractivity (Wildman–Crippen MR) is 70.8 cm³/mol. The van der Waals surface area contributed by atoms with Crippen LogP contribution in [0.1, 0.15) is 31.2 Å². The third kappa shape index (κ3) is 3.95. The number of halogens is 2. The average Bonchev–Trinajstić information content (AvgIpc) is 2.84. The van der Waals surface area contributed by atoms with Gasteiger partial charge in [0.25, 0.3) is 0 Å². The lowest BCUT2D eigenvalue weighted by atomic mass is 10.1. The van der Waals surface area contributed by atoms with Crippen molar-refractivity contribution in [2.75, 3.05) is 5.75 Å². The Balaban J connectivity index is 1.82. The maximum atomic E-state index is 13.4. The molecule has 1 aliphatic rings. The van der Waals surface area contributed by atoms with Crippen molar-refractivity contribution in [1.82, 2.24) is 0 Å². The highest BCUT2D eigenvalue weighted by Crippen LogP contribution is 2.30. The summed E-state index contributed by atoms with van der Waals surface area (Å²) in [5.74, 6) is -0.302. The van der Waals surface area contributed by atoms with E-state index in [1.807, 2.05) is 0 Å². The van der Waals surface area contributed by atoms with Crippen LogP contribution in [0.15, 0.2) is 18.2 Å². The largest absolute Gasteiger partial charge is 0.392 e. The molecule has 1 aromatic carbocycles. The molecule has 1 unspecified atom stereocenters. The van der Waals surface area contributed by atoms with Gasteiger partial charge in [-0.05, 0) is 36.6 Å². The van der Waals surface area contributed by atoms with Gasteiger partial charge >= 0.3 is 0 Å². The van der Waals surface area contributed by atoms with Crippen LogP contribution in [-0.4, -0.2) is 22.2 Å². The highest BCUT2D eigenvalue weighted by molar-refractivity contribution is 7.99. The van der Waals surface area contributed by atoms with Crippen LogP contribution in [0, 0.1) is 11.6 Å². The Bertz CT molecular complexity index is 391. The zero-order valence-electron chi connectivity index (χ0n) is 10.2. The Morgan fingerprint density at radius 2 is 2.00 bits per heavy atom. The second kappa shape index (κ2) is 6.53. The molecule has 1 aromatic rings. The molecule has 0 radical (unpaired) electrons. The van der Waals surface area contributed by atoms with Gasteiger partial charge in [-0.3, -0.25) is 0 Å². The third-order valence-electron chi connectivity index (χ3n) is 3.29. The Hall–Kier alpha value is -0.610. The molecule has 0 amide bonds. The number of rotatable bonds is 5. The number of aliphatic hydroxyl groups excluding tert-OH is 1. The zero-order chi connectivity index (χ0) is 13.0. The summed E-state index contributed by atoms with van der Waals surface area (Å²) >= 11 is 1.76. The van der Waals surface area contributed by atoms with Gasteiger partial charge in [0.2, 0.25) is 0 Å². The molecular weight excluding hydrogens is 254 g/mol. The molecule has 0 saturated heterocycles. The molecule has 1 saturated carbocycles. The van der Waals surface area contributed by atoms with Crippen LogP contribution in [0.25, 0.3) is 0 Å². The molecule has 0 heterocycles. The monoisotopic (exact) mass is 272 g/mol. The molecule has 0 bridgehead atoms. The highest BCUT2D eigenvalue weighted by atomic mass is 32.2. The third-order valence-corrected chi connectivity index (χ3v) is 4.81. The normalized spacial score (nSPS) is 18.2. The maximum Gasteiger partial charge on any atom is 0.126 e. The van der Waals surface area contributed by atoms with Crippen LogP contribution in [0.2, 0.25) is 0 Å². The Labute approximate surface area is 111 Å². The van der Waals surface area contributed by atoms with E-state index in [4.69, 9.17) is 0 Å². The van der Waals surface area contributed by atoms with E-state index < -0.39 is 17.7 Å². The van der Waals surface area contributed by atoms with Crippen LogP contribution in [0.3, 0.4) is 0 Å². The van der Waals surface area contributed by atoms with Crippen LogP contribution in [-0.2, 0) is 6.42 Å². The summed E-state index contributed by atoms with van der Waals surface area (Å²) in [4.78, 5) is 0. The van der Waals surface area contributed by atoms with Crippen molar-refractivity contribution >= 4 is 11.8 Å². The van der Waals surface area contributed by atoms with Gasteiger partial charge in [-0.1, -0.05) is 12.8 Å². The van der Waals surface area contributed by atoms with Gasteiger partial charge in [-0.25, -0.2) is 8.78 Å². The summed E-state index contributed by atoms with van der Waals surface area (Å²) in [6.07, 6.45) is 4.55. The van der Waals surface area contributed by atoms with Crippen molar-refractivity contribution in [2.24, 2.45) is 0 Å². The maximum absolute atomic E-state index is 13.4. The molecule has 100 valence electrons. The quantitative estimate of drug-likeness (QED) is 0.884. The topological polar surface area (TPSA) is 20.2 Å². The fraction of sp³-hybridized carbons (Fsp3) is 0.571. The molecule has 4 heteroatoms. The van der Waals surface area contributed by atoms with Gasteiger partial charge in [-0.15, -0.1) is 0 Å². The second-order valence-electron chi connectivity index (χ2n) is 4.83. The van der Waals surface area contributed by atoms with E-state index in [0.29, 0.717) is 11.0 Å². The lowest BCUT2D eigenvalue weighted by molar-refractivity contribution is 0.198. The molecule has 1 nitrogen and oxygen atoms in total. The summed E-state index contributed by atoms with van der Waals surface area (Å²) in [6, 6.07) is 3.37. The second-order valence-corrected chi connectivity index (χ2v) is 6.17. The van der Waals surface area contributed by atoms with E-state index in [0.717, 1.165) is 12.1 Å². The fourth-order valence-corrected chi connectivity index (χ4v) is 3.59. The van der Waals surface area contributed by atoms with Crippen molar-refractivity contribution in [3.05, 3.63) is 35.4 Å². The molecular formula is C14H18F2OS. The summed E-state index contributed by atoms with van der Waals surface area (Å²) in [6.45, 7) is 0. The van der Waals surface area contributed by atoms with Crippen molar-refractivity contribution in [3.63, 3.8) is 0 Å². The van der Waals surface area contributed by atoms with Gasteiger partial charge in [0.05, 0.1) is 6.10 Å². The molecule has 18 heavy (non-hydrogen) atoms. The predicted octanol–water partition coefficient (Wildman–Crippen LogP) is 3.54. The molecule has 1 fully saturated rings. The van der Waals surface area contributed by atoms with Crippen molar-refractivity contribution in [3.8, 4) is 0 Å². The summed E-state index contributed by atoms with van der Waals surface area (Å²) in [5, 5.41) is 10.5. The van der Waals surface area contributed by atoms with Gasteiger partial charge in [0.15, 0.2) is 0 Å². The molecule has 1 atom stereocenters. The minimum Gasteiger partial charge on any atom is -0.392 e. The fourth-order valence-electron chi connectivity index (χ4n) is 2.31. The summed E-state index contributed by atoms with van der Waals surface area (Å²) in [7, 11) is 0. The number of thioether (sulfide) groups is 1. The Morgan fingerprint density at radius 3 is 2.72 bits per heavy atom.